The van der Waals surface area contributed by atoms with Crippen molar-refractivity contribution in [3.05, 3.63) is 54.1 Å². The van der Waals surface area contributed by atoms with E-state index in [0.717, 1.165) is 6.08 Å². The summed E-state index contributed by atoms with van der Waals surface area (Å²) in [7, 11) is 0. The molecule has 152 valence electrons. The zero-order valence-corrected chi connectivity index (χ0v) is 15.3. The summed E-state index contributed by atoms with van der Waals surface area (Å²) < 4.78 is 44.0. The lowest BCUT2D eigenvalue weighted by molar-refractivity contribution is -0.148. The van der Waals surface area contributed by atoms with Crippen molar-refractivity contribution in [1.82, 2.24) is 0 Å². The molecule has 0 bridgehead atoms. The number of fused-ring (bicyclic) bond motifs is 1. The van der Waals surface area contributed by atoms with Crippen molar-refractivity contribution in [3.8, 4) is 17.2 Å². The van der Waals surface area contributed by atoms with Crippen LogP contribution in [0.25, 0.3) is 6.08 Å². The van der Waals surface area contributed by atoms with Gasteiger partial charge >= 0.3 is 12.6 Å². The van der Waals surface area contributed by atoms with E-state index in [9.17, 15) is 18.4 Å². The summed E-state index contributed by atoms with van der Waals surface area (Å²) in [5.41, 5.74) is 1.05. The number of anilines is 1. The molecule has 9 heteroatoms. The normalized spacial score (nSPS) is 13.4. The second-order valence-corrected chi connectivity index (χ2v) is 5.92. The maximum Gasteiger partial charge on any atom is 0.387 e. The number of rotatable bonds is 7. The van der Waals surface area contributed by atoms with Gasteiger partial charge in [-0.15, -0.1) is 0 Å². The Balaban J connectivity index is 1.50. The van der Waals surface area contributed by atoms with Crippen LogP contribution in [-0.4, -0.2) is 31.4 Å². The molecule has 3 rings (SSSR count). The van der Waals surface area contributed by atoms with Gasteiger partial charge in [-0.25, -0.2) is 4.79 Å². The molecule has 0 radical (unpaired) electrons. The first kappa shape index (κ1) is 20.1. The molecule has 0 spiro atoms. The molecule has 2 aromatic carbocycles. The van der Waals surface area contributed by atoms with Crippen molar-refractivity contribution in [2.24, 2.45) is 0 Å². The van der Waals surface area contributed by atoms with Crippen LogP contribution in [0.4, 0.5) is 14.5 Å². The lowest BCUT2D eigenvalue weighted by Crippen LogP contribution is -2.29. The molecule has 0 aromatic heterocycles. The molecule has 0 fully saturated rings. The highest BCUT2D eigenvalue weighted by Gasteiger charge is 2.19. The van der Waals surface area contributed by atoms with Crippen LogP contribution < -0.4 is 19.5 Å². The topological polar surface area (TPSA) is 83.1 Å². The monoisotopic (exact) mass is 405 g/mol. The molecule has 1 atom stereocenters. The van der Waals surface area contributed by atoms with E-state index in [1.807, 2.05) is 0 Å². The van der Waals surface area contributed by atoms with Gasteiger partial charge in [-0.3, -0.25) is 4.79 Å². The molecule has 1 amide bonds. The highest BCUT2D eigenvalue weighted by Crippen LogP contribution is 2.34. The fourth-order valence-electron chi connectivity index (χ4n) is 2.41. The molecule has 0 saturated carbocycles. The summed E-state index contributed by atoms with van der Waals surface area (Å²) in [4.78, 5) is 24.1. The Kier molecular flexibility index (Phi) is 6.28. The van der Waals surface area contributed by atoms with Crippen molar-refractivity contribution < 1.29 is 37.3 Å². The van der Waals surface area contributed by atoms with Crippen LogP contribution in [0.15, 0.2) is 48.5 Å². The molecule has 29 heavy (non-hydrogen) atoms. The third kappa shape index (κ3) is 5.68. The van der Waals surface area contributed by atoms with Crippen LogP contribution in [-0.2, 0) is 14.3 Å². The van der Waals surface area contributed by atoms with Gasteiger partial charge in [0.15, 0.2) is 17.6 Å². The van der Waals surface area contributed by atoms with Gasteiger partial charge in [0, 0.05) is 17.8 Å². The summed E-state index contributed by atoms with van der Waals surface area (Å²) in [6, 6.07) is 10.6. The molecule has 0 aliphatic carbocycles. The van der Waals surface area contributed by atoms with Crippen LogP contribution in [0.3, 0.4) is 0 Å². The maximum absolute atomic E-state index is 12.2. The fraction of sp³-hybridized carbons (Fsp3) is 0.200. The van der Waals surface area contributed by atoms with E-state index in [2.05, 4.69) is 10.1 Å². The van der Waals surface area contributed by atoms with Crippen LogP contribution >= 0.6 is 0 Å². The van der Waals surface area contributed by atoms with E-state index >= 15 is 0 Å². The largest absolute Gasteiger partial charge is 0.454 e. The van der Waals surface area contributed by atoms with E-state index in [1.165, 1.54) is 37.3 Å². The highest BCUT2D eigenvalue weighted by molar-refractivity contribution is 5.96. The average Bonchev–Trinajstić information content (AvgIpc) is 3.14. The Bertz CT molecular complexity index is 914. The van der Waals surface area contributed by atoms with Gasteiger partial charge in [-0.1, -0.05) is 12.1 Å². The van der Waals surface area contributed by atoms with E-state index in [1.54, 1.807) is 18.2 Å². The molecule has 1 N–H and O–H groups in total. The summed E-state index contributed by atoms with van der Waals surface area (Å²) in [5, 5.41) is 2.62. The molecule has 0 unspecified atom stereocenters. The Morgan fingerprint density at radius 3 is 2.55 bits per heavy atom. The van der Waals surface area contributed by atoms with Crippen LogP contribution in [0.5, 0.6) is 17.2 Å². The maximum atomic E-state index is 12.2. The second kappa shape index (κ2) is 9.05. The quantitative estimate of drug-likeness (QED) is 0.560. The number of benzene rings is 2. The number of nitrogens with one attached hydrogen (secondary N) is 1. The Morgan fingerprint density at radius 2 is 1.83 bits per heavy atom. The first-order chi connectivity index (χ1) is 13.9. The van der Waals surface area contributed by atoms with Gasteiger partial charge in [0.05, 0.1) is 0 Å². The number of alkyl halides is 2. The van der Waals surface area contributed by atoms with Crippen LogP contribution in [0.1, 0.15) is 12.5 Å². The molecular formula is C20H17F2NO6. The minimum Gasteiger partial charge on any atom is -0.454 e. The van der Waals surface area contributed by atoms with Gasteiger partial charge in [-0.2, -0.15) is 8.78 Å². The van der Waals surface area contributed by atoms with E-state index < -0.39 is 24.6 Å². The number of esters is 1. The van der Waals surface area contributed by atoms with Gasteiger partial charge < -0.3 is 24.3 Å². The predicted molar refractivity (Wildman–Crippen MR) is 98.9 cm³/mol. The van der Waals surface area contributed by atoms with E-state index in [4.69, 9.17) is 14.2 Å². The summed E-state index contributed by atoms with van der Waals surface area (Å²) in [6.45, 7) is -1.35. The second-order valence-electron chi connectivity index (χ2n) is 5.92. The molecular weight excluding hydrogens is 388 g/mol. The Labute approximate surface area is 164 Å². The molecule has 0 saturated heterocycles. The van der Waals surface area contributed by atoms with Crippen LogP contribution in [0, 0.1) is 0 Å². The van der Waals surface area contributed by atoms with Gasteiger partial charge in [0.25, 0.3) is 5.91 Å². The van der Waals surface area contributed by atoms with Gasteiger partial charge in [-0.05, 0) is 42.8 Å². The van der Waals surface area contributed by atoms with Crippen molar-refractivity contribution in [3.63, 3.8) is 0 Å². The van der Waals surface area contributed by atoms with Crippen molar-refractivity contribution >= 4 is 23.6 Å². The zero-order valence-electron chi connectivity index (χ0n) is 15.3. The number of carbonyl (C=O) groups excluding carboxylic acids is 2. The lowest BCUT2D eigenvalue weighted by Gasteiger charge is -2.12. The van der Waals surface area contributed by atoms with Crippen molar-refractivity contribution in [2.45, 2.75) is 19.6 Å². The minimum atomic E-state index is -2.91. The molecule has 1 aliphatic rings. The Morgan fingerprint density at radius 1 is 1.10 bits per heavy atom. The summed E-state index contributed by atoms with van der Waals surface area (Å²) in [6.07, 6.45) is 1.52. The van der Waals surface area contributed by atoms with Gasteiger partial charge in [0.1, 0.15) is 5.75 Å². The molecule has 1 aliphatic heterocycles. The third-order valence-corrected chi connectivity index (χ3v) is 3.82. The Hall–Kier alpha value is -3.62. The highest BCUT2D eigenvalue weighted by atomic mass is 19.3. The average molecular weight is 405 g/mol. The number of hydrogen-bond acceptors (Lipinski definition) is 6. The van der Waals surface area contributed by atoms with E-state index in [0.29, 0.717) is 22.7 Å². The van der Waals surface area contributed by atoms with Gasteiger partial charge in [0.2, 0.25) is 6.79 Å². The first-order valence-electron chi connectivity index (χ1n) is 8.55. The van der Waals surface area contributed by atoms with E-state index in [-0.39, 0.29) is 12.5 Å². The third-order valence-electron chi connectivity index (χ3n) is 3.82. The van der Waals surface area contributed by atoms with Crippen molar-refractivity contribution in [2.75, 3.05) is 12.1 Å². The SMILES string of the molecule is C[C@H](OC(=O)/C=C/c1ccc(OC(F)F)cc1)C(=O)Nc1ccc2c(c1)OCO2. The predicted octanol–water partition coefficient (Wildman–Crippen LogP) is 3.60. The van der Waals surface area contributed by atoms with Crippen LogP contribution in [0.2, 0.25) is 0 Å². The number of carbonyl (C=O) groups is 2. The standard InChI is InChI=1S/C20H17F2NO6/c1-12(19(25)23-14-5-8-16-17(10-14)27-11-26-16)28-18(24)9-4-13-2-6-15(7-3-13)29-20(21)22/h2-10,12,20H,11H2,1H3,(H,23,25)/b9-4+/t12-/m0/s1. The molecule has 1 heterocycles. The fourth-order valence-corrected chi connectivity index (χ4v) is 2.41. The number of hydrogen-bond donors (Lipinski definition) is 1. The number of amides is 1. The molecule has 7 nitrogen and oxygen atoms in total. The number of ether oxygens (including phenoxy) is 4. The minimum absolute atomic E-state index is 0.00790. The lowest BCUT2D eigenvalue weighted by atomic mass is 10.2. The zero-order chi connectivity index (χ0) is 20.8. The van der Waals surface area contributed by atoms with Crippen molar-refractivity contribution in [1.29, 1.82) is 0 Å². The molecule has 2 aromatic rings. The number of halogens is 2. The summed E-state index contributed by atoms with van der Waals surface area (Å²) >= 11 is 0. The smallest absolute Gasteiger partial charge is 0.387 e. The summed E-state index contributed by atoms with van der Waals surface area (Å²) in [5.74, 6) is -0.138. The first-order valence-corrected chi connectivity index (χ1v) is 8.55.